The number of benzene rings is 1. The molecule has 1 atom stereocenters. The van der Waals surface area contributed by atoms with Crippen molar-refractivity contribution < 1.29 is 4.74 Å². The molecule has 4 rings (SSSR count). The molecule has 158 valence electrons. The SMILES string of the molecule is CCCC(OC1=CC=CCN1Cc1ccc(CN2CCCC2)cc1)c1ccncc1. The number of aromatic nitrogens is 1. The average Bonchev–Trinajstić information content (AvgIpc) is 3.30. The van der Waals surface area contributed by atoms with Gasteiger partial charge in [0.05, 0.1) is 0 Å². The number of hydrogen-bond donors (Lipinski definition) is 0. The van der Waals surface area contributed by atoms with Crippen LogP contribution in [0.15, 0.2) is 72.9 Å². The molecular formula is C26H33N3O. The van der Waals surface area contributed by atoms with Crippen LogP contribution in [0.5, 0.6) is 0 Å². The number of likely N-dealkylation sites (tertiary alicyclic amines) is 1. The Bertz CT molecular complexity index is 838. The van der Waals surface area contributed by atoms with Gasteiger partial charge in [0, 0.05) is 32.0 Å². The monoisotopic (exact) mass is 403 g/mol. The quantitative estimate of drug-likeness (QED) is 0.557. The molecule has 4 nitrogen and oxygen atoms in total. The molecule has 0 N–H and O–H groups in total. The van der Waals surface area contributed by atoms with E-state index in [4.69, 9.17) is 4.74 Å². The summed E-state index contributed by atoms with van der Waals surface area (Å²) in [4.78, 5) is 9.02. The molecule has 0 saturated carbocycles. The lowest BCUT2D eigenvalue weighted by molar-refractivity contribution is 0.0438. The molecule has 2 aromatic rings. The minimum absolute atomic E-state index is 0.0566. The van der Waals surface area contributed by atoms with Gasteiger partial charge in [0.2, 0.25) is 0 Å². The van der Waals surface area contributed by atoms with Gasteiger partial charge in [-0.1, -0.05) is 49.8 Å². The zero-order valence-corrected chi connectivity index (χ0v) is 18.0. The molecule has 4 heteroatoms. The molecule has 1 aromatic carbocycles. The minimum atomic E-state index is 0.0566. The van der Waals surface area contributed by atoms with Crippen LogP contribution in [0, 0.1) is 0 Å². The summed E-state index contributed by atoms with van der Waals surface area (Å²) in [5.41, 5.74) is 3.92. The average molecular weight is 404 g/mol. The first-order valence-electron chi connectivity index (χ1n) is 11.3. The van der Waals surface area contributed by atoms with Gasteiger partial charge >= 0.3 is 0 Å². The van der Waals surface area contributed by atoms with Gasteiger partial charge in [-0.2, -0.15) is 0 Å². The van der Waals surface area contributed by atoms with E-state index in [0.29, 0.717) is 0 Å². The molecule has 0 amide bonds. The van der Waals surface area contributed by atoms with Gasteiger partial charge < -0.3 is 9.64 Å². The van der Waals surface area contributed by atoms with Gasteiger partial charge in [-0.15, -0.1) is 0 Å². The molecule has 1 saturated heterocycles. The Kier molecular flexibility index (Phi) is 7.20. The van der Waals surface area contributed by atoms with Crippen molar-refractivity contribution in [3.05, 3.63) is 89.6 Å². The molecule has 3 heterocycles. The Morgan fingerprint density at radius 3 is 2.37 bits per heavy atom. The minimum Gasteiger partial charge on any atom is -0.471 e. The number of rotatable bonds is 9. The molecule has 0 aliphatic carbocycles. The zero-order chi connectivity index (χ0) is 20.6. The van der Waals surface area contributed by atoms with Crippen LogP contribution in [0.4, 0.5) is 0 Å². The lowest BCUT2D eigenvalue weighted by Crippen LogP contribution is -2.27. The number of nitrogens with zero attached hydrogens (tertiary/aromatic N) is 3. The van der Waals surface area contributed by atoms with Gasteiger partial charge in [0.1, 0.15) is 6.10 Å². The van der Waals surface area contributed by atoms with Crippen LogP contribution in [-0.2, 0) is 17.8 Å². The van der Waals surface area contributed by atoms with Crippen LogP contribution in [0.3, 0.4) is 0 Å². The van der Waals surface area contributed by atoms with E-state index in [1.165, 1.54) is 42.6 Å². The van der Waals surface area contributed by atoms with Crippen LogP contribution >= 0.6 is 0 Å². The lowest BCUT2D eigenvalue weighted by Gasteiger charge is -2.31. The molecular weight excluding hydrogens is 370 g/mol. The molecule has 0 spiro atoms. The van der Waals surface area contributed by atoms with Crippen LogP contribution in [0.1, 0.15) is 55.4 Å². The largest absolute Gasteiger partial charge is 0.471 e. The fraction of sp³-hybridized carbons (Fsp3) is 0.423. The molecule has 30 heavy (non-hydrogen) atoms. The van der Waals surface area contributed by atoms with Crippen molar-refractivity contribution in [1.29, 1.82) is 0 Å². The predicted octanol–water partition coefficient (Wildman–Crippen LogP) is 5.45. The first kappa shape index (κ1) is 20.7. The van der Waals surface area contributed by atoms with Crippen LogP contribution < -0.4 is 0 Å². The topological polar surface area (TPSA) is 28.6 Å². The third kappa shape index (κ3) is 5.51. The highest BCUT2D eigenvalue weighted by molar-refractivity contribution is 5.24. The second-order valence-electron chi connectivity index (χ2n) is 8.29. The van der Waals surface area contributed by atoms with E-state index in [1.807, 2.05) is 12.4 Å². The van der Waals surface area contributed by atoms with E-state index in [0.717, 1.165) is 38.4 Å². The Labute approximate surface area is 180 Å². The second-order valence-corrected chi connectivity index (χ2v) is 8.29. The Morgan fingerprint density at radius 1 is 0.967 bits per heavy atom. The number of pyridine rings is 1. The third-order valence-electron chi connectivity index (χ3n) is 5.91. The summed E-state index contributed by atoms with van der Waals surface area (Å²) in [5.74, 6) is 0.953. The summed E-state index contributed by atoms with van der Waals surface area (Å²) in [5, 5.41) is 0. The highest BCUT2D eigenvalue weighted by Crippen LogP contribution is 2.28. The van der Waals surface area contributed by atoms with E-state index in [2.05, 4.69) is 76.3 Å². The first-order valence-corrected chi connectivity index (χ1v) is 11.3. The van der Waals surface area contributed by atoms with E-state index in [-0.39, 0.29) is 6.10 Å². The molecule has 1 unspecified atom stereocenters. The van der Waals surface area contributed by atoms with Gasteiger partial charge in [-0.25, -0.2) is 0 Å². The maximum absolute atomic E-state index is 6.52. The molecule has 1 aromatic heterocycles. The highest BCUT2D eigenvalue weighted by atomic mass is 16.5. The summed E-state index contributed by atoms with van der Waals surface area (Å²) in [6.45, 7) is 7.49. The van der Waals surface area contributed by atoms with Crippen LogP contribution in [0.2, 0.25) is 0 Å². The van der Waals surface area contributed by atoms with Crippen molar-refractivity contribution in [2.75, 3.05) is 19.6 Å². The summed E-state index contributed by atoms with van der Waals surface area (Å²) < 4.78 is 6.52. The summed E-state index contributed by atoms with van der Waals surface area (Å²) in [7, 11) is 0. The predicted molar refractivity (Wildman–Crippen MR) is 122 cm³/mol. The lowest BCUT2D eigenvalue weighted by atomic mass is 10.1. The summed E-state index contributed by atoms with van der Waals surface area (Å²) in [6, 6.07) is 13.2. The van der Waals surface area contributed by atoms with Crippen molar-refractivity contribution in [1.82, 2.24) is 14.8 Å². The Hall–Kier alpha value is -2.59. The van der Waals surface area contributed by atoms with Gasteiger partial charge in [0.25, 0.3) is 0 Å². The molecule has 2 aliphatic rings. The molecule has 0 bridgehead atoms. The van der Waals surface area contributed by atoms with Crippen molar-refractivity contribution in [2.45, 2.75) is 51.8 Å². The van der Waals surface area contributed by atoms with E-state index < -0.39 is 0 Å². The number of allylic oxidation sites excluding steroid dienone is 2. The van der Waals surface area contributed by atoms with Crippen molar-refractivity contribution in [3.63, 3.8) is 0 Å². The maximum atomic E-state index is 6.52. The van der Waals surface area contributed by atoms with E-state index >= 15 is 0 Å². The van der Waals surface area contributed by atoms with E-state index in [9.17, 15) is 0 Å². The van der Waals surface area contributed by atoms with Gasteiger partial charge in [-0.3, -0.25) is 9.88 Å². The Balaban J connectivity index is 1.40. The number of hydrogen-bond acceptors (Lipinski definition) is 4. The smallest absolute Gasteiger partial charge is 0.190 e. The standard InChI is InChI=1S/C26H33N3O/c1-2-7-25(24-13-15-27-16-14-24)30-26-8-3-4-19-29(26)21-23-11-9-22(10-12-23)20-28-17-5-6-18-28/h3-4,8-16,25H,2,5-7,17-21H2,1H3. The summed E-state index contributed by atoms with van der Waals surface area (Å²) >= 11 is 0. The zero-order valence-electron chi connectivity index (χ0n) is 18.0. The van der Waals surface area contributed by atoms with Gasteiger partial charge in [0.15, 0.2) is 5.88 Å². The Morgan fingerprint density at radius 2 is 1.67 bits per heavy atom. The van der Waals surface area contributed by atoms with E-state index in [1.54, 1.807) is 0 Å². The first-order chi connectivity index (χ1) is 14.8. The third-order valence-corrected chi connectivity index (χ3v) is 5.91. The van der Waals surface area contributed by atoms with Crippen molar-refractivity contribution >= 4 is 0 Å². The van der Waals surface area contributed by atoms with Crippen molar-refractivity contribution in [3.8, 4) is 0 Å². The van der Waals surface area contributed by atoms with Crippen LogP contribution in [0.25, 0.3) is 0 Å². The highest BCUT2D eigenvalue weighted by Gasteiger charge is 2.19. The fourth-order valence-electron chi connectivity index (χ4n) is 4.24. The molecule has 2 aliphatic heterocycles. The van der Waals surface area contributed by atoms with Crippen LogP contribution in [-0.4, -0.2) is 34.4 Å². The maximum Gasteiger partial charge on any atom is 0.190 e. The molecule has 1 fully saturated rings. The fourth-order valence-corrected chi connectivity index (χ4v) is 4.24. The normalized spacial score (nSPS) is 17.8. The molecule has 0 radical (unpaired) electrons. The number of ether oxygens (including phenoxy) is 1. The second kappa shape index (κ2) is 10.4. The summed E-state index contributed by atoms with van der Waals surface area (Å²) in [6.07, 6.45) is 14.9. The van der Waals surface area contributed by atoms with Crippen molar-refractivity contribution in [2.24, 2.45) is 0 Å². The van der Waals surface area contributed by atoms with Gasteiger partial charge in [-0.05, 0) is 67.3 Å².